The number of hydrogen-bond donors (Lipinski definition) is 1. The van der Waals surface area contributed by atoms with Crippen molar-refractivity contribution in [2.45, 2.75) is 88.4 Å². The highest BCUT2D eigenvalue weighted by atomic mass is 32.2. The van der Waals surface area contributed by atoms with Gasteiger partial charge in [0, 0.05) is 11.4 Å². The second-order valence-corrected chi connectivity index (χ2v) is 12.1. The normalized spacial score (nSPS) is 46.4. The fraction of sp³-hybridized carbons (Fsp3) is 0.833. The Balaban J connectivity index is 1.26. The first kappa shape index (κ1) is 19.9. The lowest BCUT2D eigenvalue weighted by molar-refractivity contribution is -0.0932. The van der Waals surface area contributed by atoms with Crippen LogP contribution < -0.4 is 0 Å². The zero-order valence-electron chi connectivity index (χ0n) is 17.9. The molecular formula is C24H35N3OS. The largest absolute Gasteiger partial charge is 0.390 e. The van der Waals surface area contributed by atoms with Crippen LogP contribution in [-0.2, 0) is 5.88 Å². The van der Waals surface area contributed by atoms with Crippen molar-refractivity contribution in [2.75, 3.05) is 0 Å². The lowest BCUT2D eigenvalue weighted by atomic mass is 9.50. The molecule has 8 unspecified atom stereocenters. The second kappa shape index (κ2) is 7.31. The molecule has 0 radical (unpaired) electrons. The number of aliphatic hydroxyl groups is 1. The van der Waals surface area contributed by atoms with Crippen LogP contribution in [0.15, 0.2) is 12.4 Å². The van der Waals surface area contributed by atoms with Gasteiger partial charge in [0.1, 0.15) is 6.07 Å². The van der Waals surface area contributed by atoms with E-state index >= 15 is 0 Å². The standard InChI is InChI=1S/C24H35N3OS/c1-23(28)9-7-18-17(11-23)3-4-20-19(18)8-10-24(2)21(20)5-6-22(24)29-15-27-14-16(12-25)13-26-27/h13-14,17-22,28H,3-11,15H2,1-2H3. The Kier molecular flexibility index (Phi) is 5.02. The Bertz CT molecular complexity index is 798. The third-order valence-corrected chi connectivity index (χ3v) is 10.9. The summed E-state index contributed by atoms with van der Waals surface area (Å²) in [4.78, 5) is 0. The Morgan fingerprint density at radius 1 is 1.14 bits per heavy atom. The molecular weight excluding hydrogens is 378 g/mol. The number of hydrogen-bond acceptors (Lipinski definition) is 4. The van der Waals surface area contributed by atoms with Crippen molar-refractivity contribution in [1.82, 2.24) is 9.78 Å². The van der Waals surface area contributed by atoms with E-state index in [0.717, 1.165) is 48.3 Å². The number of fused-ring (bicyclic) bond motifs is 5. The van der Waals surface area contributed by atoms with Crippen LogP contribution in [0.4, 0.5) is 0 Å². The number of nitrogens with zero attached hydrogens (tertiary/aromatic N) is 3. The maximum Gasteiger partial charge on any atom is 0.102 e. The molecule has 5 heteroatoms. The maximum atomic E-state index is 10.6. The molecule has 0 aromatic carbocycles. The van der Waals surface area contributed by atoms with Gasteiger partial charge in [0.25, 0.3) is 0 Å². The molecule has 0 amide bonds. The summed E-state index contributed by atoms with van der Waals surface area (Å²) in [5, 5.41) is 24.7. The first-order chi connectivity index (χ1) is 13.9. The predicted molar refractivity (Wildman–Crippen MR) is 116 cm³/mol. The fourth-order valence-corrected chi connectivity index (χ4v) is 9.42. The van der Waals surface area contributed by atoms with Gasteiger partial charge in [-0.1, -0.05) is 6.92 Å². The molecule has 158 valence electrons. The van der Waals surface area contributed by atoms with Crippen molar-refractivity contribution >= 4 is 11.8 Å². The average molecular weight is 414 g/mol. The van der Waals surface area contributed by atoms with E-state index in [1.54, 1.807) is 6.20 Å². The SMILES string of the molecule is CC1(O)CCC2C(CCC3C2CCC2(C)C(SCn4cc(C#N)cn4)CCC32)C1. The molecule has 0 aliphatic heterocycles. The molecule has 4 fully saturated rings. The van der Waals surface area contributed by atoms with Crippen LogP contribution in [0.2, 0.25) is 0 Å². The summed E-state index contributed by atoms with van der Waals surface area (Å²) in [5.74, 6) is 5.22. The highest BCUT2D eigenvalue weighted by Gasteiger charge is 2.57. The first-order valence-electron chi connectivity index (χ1n) is 11.7. The summed E-state index contributed by atoms with van der Waals surface area (Å²) < 4.78 is 1.94. The minimum Gasteiger partial charge on any atom is -0.390 e. The summed E-state index contributed by atoms with van der Waals surface area (Å²) in [7, 11) is 0. The lowest BCUT2D eigenvalue weighted by Gasteiger charge is -2.57. The maximum absolute atomic E-state index is 10.6. The van der Waals surface area contributed by atoms with E-state index in [1.807, 2.05) is 10.9 Å². The Morgan fingerprint density at radius 2 is 1.97 bits per heavy atom. The number of rotatable bonds is 3. The third-order valence-electron chi connectivity index (χ3n) is 9.32. The van der Waals surface area contributed by atoms with E-state index < -0.39 is 5.60 Å². The predicted octanol–water partition coefficient (Wildman–Crippen LogP) is 5.22. The van der Waals surface area contributed by atoms with E-state index in [2.05, 4.69) is 36.8 Å². The minimum atomic E-state index is -0.413. The summed E-state index contributed by atoms with van der Waals surface area (Å²) in [6.07, 6.45) is 15.1. The van der Waals surface area contributed by atoms with Gasteiger partial charge in [-0.2, -0.15) is 10.4 Å². The van der Waals surface area contributed by atoms with E-state index in [9.17, 15) is 5.11 Å². The molecule has 4 aliphatic carbocycles. The number of aromatic nitrogens is 2. The molecule has 4 aliphatic rings. The second-order valence-electron chi connectivity index (χ2n) is 11.0. The zero-order valence-corrected chi connectivity index (χ0v) is 18.7. The van der Waals surface area contributed by atoms with Crippen LogP contribution in [0.3, 0.4) is 0 Å². The third kappa shape index (κ3) is 3.45. The van der Waals surface area contributed by atoms with Gasteiger partial charge in [-0.15, -0.1) is 11.8 Å². The average Bonchev–Trinajstić information content (AvgIpc) is 3.29. The van der Waals surface area contributed by atoms with E-state index in [0.29, 0.717) is 16.2 Å². The molecule has 1 heterocycles. The van der Waals surface area contributed by atoms with Gasteiger partial charge in [-0.05, 0) is 99.7 Å². The molecule has 1 aromatic rings. The van der Waals surface area contributed by atoms with Crippen LogP contribution in [0.5, 0.6) is 0 Å². The Hall–Kier alpha value is -0.990. The van der Waals surface area contributed by atoms with Crippen LogP contribution >= 0.6 is 11.8 Å². The van der Waals surface area contributed by atoms with E-state index in [1.165, 1.54) is 44.9 Å². The van der Waals surface area contributed by atoms with E-state index in [4.69, 9.17) is 5.26 Å². The van der Waals surface area contributed by atoms with Gasteiger partial charge in [0.15, 0.2) is 0 Å². The van der Waals surface area contributed by atoms with Crippen LogP contribution in [0, 0.1) is 46.3 Å². The van der Waals surface area contributed by atoms with Crippen LogP contribution in [0.25, 0.3) is 0 Å². The van der Waals surface area contributed by atoms with Gasteiger partial charge >= 0.3 is 0 Å². The molecule has 1 N–H and O–H groups in total. The highest BCUT2D eigenvalue weighted by Crippen LogP contribution is 2.64. The van der Waals surface area contributed by atoms with Gasteiger partial charge in [0.05, 0.1) is 23.2 Å². The summed E-state index contributed by atoms with van der Waals surface area (Å²) in [5.41, 5.74) is 0.707. The molecule has 0 bridgehead atoms. The summed E-state index contributed by atoms with van der Waals surface area (Å²) >= 11 is 2.07. The summed E-state index contributed by atoms with van der Waals surface area (Å²) in [6, 6.07) is 2.18. The molecule has 0 spiro atoms. The zero-order chi connectivity index (χ0) is 20.2. The molecule has 5 rings (SSSR count). The van der Waals surface area contributed by atoms with Crippen molar-refractivity contribution in [1.29, 1.82) is 5.26 Å². The lowest BCUT2D eigenvalue weighted by Crippen LogP contribution is -2.50. The van der Waals surface area contributed by atoms with Gasteiger partial charge in [0.2, 0.25) is 0 Å². The topological polar surface area (TPSA) is 61.8 Å². The Morgan fingerprint density at radius 3 is 2.76 bits per heavy atom. The van der Waals surface area contributed by atoms with Gasteiger partial charge in [-0.25, -0.2) is 0 Å². The molecule has 4 saturated carbocycles. The van der Waals surface area contributed by atoms with Crippen molar-refractivity contribution in [2.24, 2.45) is 35.0 Å². The molecule has 29 heavy (non-hydrogen) atoms. The van der Waals surface area contributed by atoms with Crippen molar-refractivity contribution < 1.29 is 5.11 Å². The number of thioether (sulfide) groups is 1. The highest BCUT2D eigenvalue weighted by molar-refractivity contribution is 7.99. The molecule has 1 aromatic heterocycles. The first-order valence-corrected chi connectivity index (χ1v) is 12.7. The smallest absolute Gasteiger partial charge is 0.102 e. The van der Waals surface area contributed by atoms with Crippen molar-refractivity contribution in [3.63, 3.8) is 0 Å². The summed E-state index contributed by atoms with van der Waals surface area (Å²) in [6.45, 7) is 4.64. The van der Waals surface area contributed by atoms with Crippen LogP contribution in [0.1, 0.15) is 77.2 Å². The van der Waals surface area contributed by atoms with Gasteiger partial charge in [-0.3, -0.25) is 4.68 Å². The quantitative estimate of drug-likeness (QED) is 0.738. The minimum absolute atomic E-state index is 0.413. The molecule has 0 saturated heterocycles. The monoisotopic (exact) mass is 413 g/mol. The van der Waals surface area contributed by atoms with Crippen molar-refractivity contribution in [3.8, 4) is 6.07 Å². The van der Waals surface area contributed by atoms with Crippen LogP contribution in [-0.4, -0.2) is 25.7 Å². The number of nitriles is 1. The molecule has 8 atom stereocenters. The van der Waals surface area contributed by atoms with Gasteiger partial charge < -0.3 is 5.11 Å². The van der Waals surface area contributed by atoms with Crippen molar-refractivity contribution in [3.05, 3.63) is 18.0 Å². The fourth-order valence-electron chi connectivity index (χ4n) is 7.97. The Labute approximate surface area is 179 Å². The molecule has 4 nitrogen and oxygen atoms in total. The van der Waals surface area contributed by atoms with E-state index in [-0.39, 0.29) is 0 Å².